The molecule has 0 N–H and O–H groups in total. The van der Waals surface area contributed by atoms with Crippen LogP contribution in [0.2, 0.25) is 0 Å². The molecule has 1 aromatic rings. The fraction of sp³-hybridized carbons (Fsp3) is 0.500. The summed E-state index contributed by atoms with van der Waals surface area (Å²) in [5.74, 6) is 0.917. The average Bonchev–Trinajstić information content (AvgIpc) is 2.56. The number of carbonyl (C=O) groups is 1. The Hall–Kier alpha value is -0.340. The molecule has 3 heteroatoms. The van der Waals surface area contributed by atoms with Crippen molar-refractivity contribution in [3.8, 4) is 0 Å². The molecule has 1 nitrogen and oxygen atoms in total. The zero-order valence-corrected chi connectivity index (χ0v) is 9.20. The molecule has 0 aliphatic rings. The van der Waals surface area contributed by atoms with Gasteiger partial charge in [-0.3, -0.25) is 4.79 Å². The first-order chi connectivity index (χ1) is 6.24. The van der Waals surface area contributed by atoms with Crippen LogP contribution < -0.4 is 0 Å². The number of hydrogen-bond donors (Lipinski definition) is 0. The highest BCUT2D eigenvalue weighted by atomic mass is 35.5. The van der Waals surface area contributed by atoms with E-state index in [0.29, 0.717) is 5.88 Å². The van der Waals surface area contributed by atoms with Gasteiger partial charge in [0, 0.05) is 16.7 Å². The summed E-state index contributed by atoms with van der Waals surface area (Å²) in [4.78, 5) is 12.5. The molecule has 0 aliphatic carbocycles. The Morgan fingerprint density at radius 3 is 2.92 bits per heavy atom. The molecule has 0 amide bonds. The number of ketones is 1. The Kier molecular flexibility index (Phi) is 4.46. The molecule has 0 aliphatic heterocycles. The molecule has 0 aromatic carbocycles. The van der Waals surface area contributed by atoms with Gasteiger partial charge in [0.05, 0.1) is 0 Å². The second-order valence-electron chi connectivity index (χ2n) is 3.07. The van der Waals surface area contributed by atoms with Gasteiger partial charge in [0.15, 0.2) is 0 Å². The molecule has 1 unspecified atom stereocenters. The normalized spacial score (nSPS) is 12.8. The number of rotatable bonds is 5. The maximum Gasteiger partial charge on any atom is 0.133 e. The average molecular weight is 217 g/mol. The highest BCUT2D eigenvalue weighted by molar-refractivity contribution is 7.09. The predicted molar refractivity (Wildman–Crippen MR) is 57.5 cm³/mol. The van der Waals surface area contributed by atoms with Crippen molar-refractivity contribution in [3.05, 3.63) is 22.4 Å². The quantitative estimate of drug-likeness (QED) is 0.692. The van der Waals surface area contributed by atoms with Crippen LogP contribution >= 0.6 is 22.9 Å². The summed E-state index contributed by atoms with van der Waals surface area (Å²) < 4.78 is 0. The summed E-state index contributed by atoms with van der Waals surface area (Å²) >= 11 is 7.33. The van der Waals surface area contributed by atoms with Crippen molar-refractivity contribution in [1.29, 1.82) is 0 Å². The molecule has 1 atom stereocenters. The Morgan fingerprint density at radius 2 is 2.46 bits per heavy atom. The van der Waals surface area contributed by atoms with Crippen molar-refractivity contribution < 1.29 is 4.79 Å². The lowest BCUT2D eigenvalue weighted by atomic mass is 9.97. The Balaban J connectivity index is 2.52. The van der Waals surface area contributed by atoms with Crippen molar-refractivity contribution >= 4 is 28.7 Å². The van der Waals surface area contributed by atoms with Gasteiger partial charge in [0.1, 0.15) is 5.78 Å². The molecule has 0 saturated carbocycles. The van der Waals surface area contributed by atoms with Crippen LogP contribution in [0.1, 0.15) is 18.2 Å². The first-order valence-electron chi connectivity index (χ1n) is 4.33. The van der Waals surface area contributed by atoms with E-state index in [1.54, 1.807) is 18.3 Å². The van der Waals surface area contributed by atoms with E-state index < -0.39 is 0 Å². The molecule has 13 heavy (non-hydrogen) atoms. The zero-order valence-electron chi connectivity index (χ0n) is 7.63. The third-order valence-corrected chi connectivity index (χ3v) is 3.18. The summed E-state index contributed by atoms with van der Waals surface area (Å²) in [6.45, 7) is 1.64. The molecule has 0 bridgehead atoms. The topological polar surface area (TPSA) is 17.1 Å². The van der Waals surface area contributed by atoms with Crippen molar-refractivity contribution in [2.24, 2.45) is 5.92 Å². The van der Waals surface area contributed by atoms with Crippen molar-refractivity contribution in [2.45, 2.75) is 19.8 Å². The predicted octanol–water partition coefficient (Wildman–Crippen LogP) is 3.12. The fourth-order valence-electron chi connectivity index (χ4n) is 1.25. The SMILES string of the molecule is CC(=O)C(CCCl)Cc1cccs1. The van der Waals surface area contributed by atoms with Gasteiger partial charge in [-0.2, -0.15) is 0 Å². The second kappa shape index (κ2) is 5.40. The summed E-state index contributed by atoms with van der Waals surface area (Å²) in [5, 5.41) is 2.03. The summed E-state index contributed by atoms with van der Waals surface area (Å²) in [6.07, 6.45) is 1.63. The van der Waals surface area contributed by atoms with Crippen LogP contribution in [0.4, 0.5) is 0 Å². The molecule has 72 valence electrons. The second-order valence-corrected chi connectivity index (χ2v) is 4.48. The monoisotopic (exact) mass is 216 g/mol. The third-order valence-electron chi connectivity index (χ3n) is 2.06. The van der Waals surface area contributed by atoms with E-state index in [9.17, 15) is 4.79 Å². The largest absolute Gasteiger partial charge is 0.300 e. The number of hydrogen-bond acceptors (Lipinski definition) is 2. The molecule has 0 spiro atoms. The minimum absolute atomic E-state index is 0.108. The Morgan fingerprint density at radius 1 is 1.69 bits per heavy atom. The van der Waals surface area contributed by atoms with Crippen LogP contribution in [0, 0.1) is 5.92 Å². The molecule has 0 radical (unpaired) electrons. The highest BCUT2D eigenvalue weighted by Crippen LogP contribution is 2.18. The first-order valence-corrected chi connectivity index (χ1v) is 5.74. The minimum atomic E-state index is 0.108. The zero-order chi connectivity index (χ0) is 9.68. The maximum absolute atomic E-state index is 11.2. The first kappa shape index (κ1) is 10.7. The van der Waals surface area contributed by atoms with E-state index in [1.165, 1.54) is 4.88 Å². The van der Waals surface area contributed by atoms with E-state index in [-0.39, 0.29) is 11.7 Å². The minimum Gasteiger partial charge on any atom is -0.300 e. The molecule has 1 rings (SSSR count). The number of carbonyl (C=O) groups excluding carboxylic acids is 1. The number of Topliss-reactive ketones (excluding diaryl/α,β-unsaturated/α-hetero) is 1. The van der Waals surface area contributed by atoms with Crippen molar-refractivity contribution in [2.75, 3.05) is 5.88 Å². The van der Waals surface area contributed by atoms with E-state index in [4.69, 9.17) is 11.6 Å². The van der Waals surface area contributed by atoms with Gasteiger partial charge >= 0.3 is 0 Å². The summed E-state index contributed by atoms with van der Waals surface area (Å²) in [7, 11) is 0. The summed E-state index contributed by atoms with van der Waals surface area (Å²) in [6, 6.07) is 4.08. The van der Waals surface area contributed by atoms with E-state index in [0.717, 1.165) is 12.8 Å². The summed E-state index contributed by atoms with van der Waals surface area (Å²) in [5.41, 5.74) is 0. The Bertz CT molecular complexity index is 256. The number of halogens is 1. The lowest BCUT2D eigenvalue weighted by Gasteiger charge is -2.09. The lowest BCUT2D eigenvalue weighted by Crippen LogP contribution is -2.13. The maximum atomic E-state index is 11.2. The number of thiophene rings is 1. The van der Waals surface area contributed by atoms with Gasteiger partial charge in [-0.25, -0.2) is 0 Å². The van der Waals surface area contributed by atoms with E-state index in [1.807, 2.05) is 11.4 Å². The molecule has 0 saturated heterocycles. The molecule has 1 aromatic heterocycles. The molecular weight excluding hydrogens is 204 g/mol. The van der Waals surface area contributed by atoms with Gasteiger partial charge in [-0.15, -0.1) is 22.9 Å². The highest BCUT2D eigenvalue weighted by Gasteiger charge is 2.14. The standard InChI is InChI=1S/C10H13ClOS/c1-8(12)9(4-5-11)7-10-3-2-6-13-10/h2-3,6,9H,4-5,7H2,1H3. The fourth-order valence-corrected chi connectivity index (χ4v) is 2.30. The van der Waals surface area contributed by atoms with Gasteiger partial charge < -0.3 is 0 Å². The van der Waals surface area contributed by atoms with Crippen LogP contribution in [0.15, 0.2) is 17.5 Å². The Labute approximate surface area is 87.7 Å². The van der Waals surface area contributed by atoms with Crippen LogP contribution in [0.3, 0.4) is 0 Å². The van der Waals surface area contributed by atoms with Crippen LogP contribution in [0.5, 0.6) is 0 Å². The van der Waals surface area contributed by atoms with E-state index >= 15 is 0 Å². The van der Waals surface area contributed by atoms with Crippen molar-refractivity contribution in [1.82, 2.24) is 0 Å². The molecule has 1 heterocycles. The van der Waals surface area contributed by atoms with Gasteiger partial charge in [0.2, 0.25) is 0 Å². The van der Waals surface area contributed by atoms with Crippen molar-refractivity contribution in [3.63, 3.8) is 0 Å². The third kappa shape index (κ3) is 3.49. The van der Waals surface area contributed by atoms with Crippen LogP contribution in [0.25, 0.3) is 0 Å². The van der Waals surface area contributed by atoms with Gasteiger partial charge in [-0.1, -0.05) is 6.07 Å². The smallest absolute Gasteiger partial charge is 0.133 e. The molecule has 0 fully saturated rings. The van der Waals surface area contributed by atoms with Gasteiger partial charge in [-0.05, 0) is 31.2 Å². The van der Waals surface area contributed by atoms with E-state index in [2.05, 4.69) is 6.07 Å². The lowest BCUT2D eigenvalue weighted by molar-refractivity contribution is -0.120. The number of alkyl halides is 1. The van der Waals surface area contributed by atoms with Crippen LogP contribution in [-0.2, 0) is 11.2 Å². The van der Waals surface area contributed by atoms with Crippen LogP contribution in [-0.4, -0.2) is 11.7 Å². The van der Waals surface area contributed by atoms with Gasteiger partial charge in [0.25, 0.3) is 0 Å². The molecular formula is C10H13ClOS.